The normalized spacial score (nSPS) is 40.3. The van der Waals surface area contributed by atoms with E-state index in [9.17, 15) is 0 Å². The van der Waals surface area contributed by atoms with Gasteiger partial charge in [0.05, 0.1) is 0 Å². The van der Waals surface area contributed by atoms with Gasteiger partial charge in [-0.1, -0.05) is 6.92 Å². The highest BCUT2D eigenvalue weighted by molar-refractivity contribution is 7.99. The van der Waals surface area contributed by atoms with Gasteiger partial charge in [-0.05, 0) is 25.5 Å². The van der Waals surface area contributed by atoms with E-state index in [1.54, 1.807) is 0 Å². The number of piperazine rings is 1. The van der Waals surface area contributed by atoms with Crippen molar-refractivity contribution in [3.05, 3.63) is 0 Å². The van der Waals surface area contributed by atoms with Gasteiger partial charge < -0.3 is 5.32 Å². The summed E-state index contributed by atoms with van der Waals surface area (Å²) in [5.41, 5.74) is 0. The van der Waals surface area contributed by atoms with E-state index in [1.165, 1.54) is 37.4 Å². The number of thioether (sulfide) groups is 1. The van der Waals surface area contributed by atoms with Crippen LogP contribution in [-0.2, 0) is 0 Å². The molecule has 2 aliphatic heterocycles. The van der Waals surface area contributed by atoms with Crippen molar-refractivity contribution in [2.75, 3.05) is 24.6 Å². The Kier molecular flexibility index (Phi) is 3.74. The zero-order valence-electron chi connectivity index (χ0n) is 9.33. The lowest BCUT2D eigenvalue weighted by Crippen LogP contribution is -2.58. The van der Waals surface area contributed by atoms with Gasteiger partial charge >= 0.3 is 0 Å². The summed E-state index contributed by atoms with van der Waals surface area (Å²) in [5, 5.41) is 3.62. The maximum absolute atomic E-state index is 3.62. The predicted molar refractivity (Wildman–Crippen MR) is 64.0 cm³/mol. The zero-order valence-corrected chi connectivity index (χ0v) is 10.1. The predicted octanol–water partition coefficient (Wildman–Crippen LogP) is 1.56. The molecule has 3 unspecified atom stereocenters. The van der Waals surface area contributed by atoms with Crippen LogP contribution in [0, 0.1) is 0 Å². The Bertz CT molecular complexity index is 180. The van der Waals surface area contributed by atoms with E-state index in [-0.39, 0.29) is 0 Å². The summed E-state index contributed by atoms with van der Waals surface area (Å²) >= 11 is 2.12. The third-order valence-electron chi connectivity index (χ3n) is 3.57. The lowest BCUT2D eigenvalue weighted by atomic mass is 10.0. The van der Waals surface area contributed by atoms with Gasteiger partial charge in [0.15, 0.2) is 0 Å². The standard InChI is InChI=1S/C11H22N2S/c1-3-10-7-13(9(2)6-12-10)11-4-5-14-8-11/h9-12H,3-8H2,1-2H3. The van der Waals surface area contributed by atoms with Crippen LogP contribution in [0.25, 0.3) is 0 Å². The summed E-state index contributed by atoms with van der Waals surface area (Å²) < 4.78 is 0. The van der Waals surface area contributed by atoms with Gasteiger partial charge in [-0.2, -0.15) is 11.8 Å². The lowest BCUT2D eigenvalue weighted by molar-refractivity contribution is 0.101. The Hall–Kier alpha value is 0.270. The van der Waals surface area contributed by atoms with Crippen molar-refractivity contribution in [2.24, 2.45) is 0 Å². The molecule has 2 rings (SSSR count). The Morgan fingerprint density at radius 1 is 1.50 bits per heavy atom. The van der Waals surface area contributed by atoms with E-state index in [0.717, 1.165) is 18.1 Å². The molecule has 0 saturated carbocycles. The van der Waals surface area contributed by atoms with Gasteiger partial charge in [0.1, 0.15) is 0 Å². The first-order valence-corrected chi connectivity index (χ1v) is 7.03. The highest BCUT2D eigenvalue weighted by atomic mass is 32.2. The van der Waals surface area contributed by atoms with Crippen molar-refractivity contribution >= 4 is 11.8 Å². The van der Waals surface area contributed by atoms with Gasteiger partial charge in [0.2, 0.25) is 0 Å². The molecule has 0 spiro atoms. The second-order valence-corrected chi connectivity index (χ2v) is 5.73. The fourth-order valence-electron chi connectivity index (χ4n) is 2.52. The number of hydrogen-bond acceptors (Lipinski definition) is 3. The topological polar surface area (TPSA) is 15.3 Å². The molecule has 0 aliphatic carbocycles. The molecule has 2 aliphatic rings. The minimum atomic E-state index is 0.733. The third-order valence-corrected chi connectivity index (χ3v) is 4.71. The molecule has 14 heavy (non-hydrogen) atoms. The molecule has 0 amide bonds. The molecular weight excluding hydrogens is 192 g/mol. The van der Waals surface area contributed by atoms with Crippen LogP contribution >= 0.6 is 11.8 Å². The van der Waals surface area contributed by atoms with Crippen LogP contribution in [0.4, 0.5) is 0 Å². The van der Waals surface area contributed by atoms with Crippen molar-refractivity contribution in [3.8, 4) is 0 Å². The van der Waals surface area contributed by atoms with Crippen LogP contribution in [0.2, 0.25) is 0 Å². The number of hydrogen-bond donors (Lipinski definition) is 1. The molecule has 0 aromatic carbocycles. The summed E-state index contributed by atoms with van der Waals surface area (Å²) in [6.45, 7) is 7.10. The van der Waals surface area contributed by atoms with Crippen LogP contribution < -0.4 is 5.32 Å². The Morgan fingerprint density at radius 3 is 3.00 bits per heavy atom. The molecule has 2 nitrogen and oxygen atoms in total. The molecule has 3 atom stereocenters. The summed E-state index contributed by atoms with van der Waals surface area (Å²) in [7, 11) is 0. The van der Waals surface area contributed by atoms with E-state index in [0.29, 0.717) is 0 Å². The Labute approximate surface area is 91.8 Å². The molecule has 2 saturated heterocycles. The molecule has 2 fully saturated rings. The monoisotopic (exact) mass is 214 g/mol. The van der Waals surface area contributed by atoms with Gasteiger partial charge in [0.25, 0.3) is 0 Å². The molecule has 0 bridgehead atoms. The van der Waals surface area contributed by atoms with Crippen molar-refractivity contribution in [1.29, 1.82) is 0 Å². The highest BCUT2D eigenvalue weighted by Gasteiger charge is 2.31. The number of nitrogens with zero attached hydrogens (tertiary/aromatic N) is 1. The minimum Gasteiger partial charge on any atom is -0.311 e. The fraction of sp³-hybridized carbons (Fsp3) is 1.00. The smallest absolute Gasteiger partial charge is 0.0198 e. The minimum absolute atomic E-state index is 0.733. The van der Waals surface area contributed by atoms with Gasteiger partial charge in [-0.3, -0.25) is 4.90 Å². The summed E-state index contributed by atoms with van der Waals surface area (Å²) in [5.74, 6) is 2.74. The molecule has 3 heteroatoms. The van der Waals surface area contributed by atoms with Crippen LogP contribution in [0.3, 0.4) is 0 Å². The molecular formula is C11H22N2S. The van der Waals surface area contributed by atoms with Gasteiger partial charge in [0, 0.05) is 37.0 Å². The van der Waals surface area contributed by atoms with Crippen molar-refractivity contribution in [1.82, 2.24) is 10.2 Å². The second-order valence-electron chi connectivity index (χ2n) is 4.58. The van der Waals surface area contributed by atoms with Crippen molar-refractivity contribution in [2.45, 2.75) is 44.8 Å². The average Bonchev–Trinajstić information content (AvgIpc) is 2.71. The molecule has 0 radical (unpaired) electrons. The van der Waals surface area contributed by atoms with Crippen LogP contribution in [0.1, 0.15) is 26.7 Å². The quantitative estimate of drug-likeness (QED) is 0.751. The largest absolute Gasteiger partial charge is 0.311 e. The van der Waals surface area contributed by atoms with Gasteiger partial charge in [-0.15, -0.1) is 0 Å². The summed E-state index contributed by atoms with van der Waals surface area (Å²) in [4.78, 5) is 2.74. The Balaban J connectivity index is 1.93. The van der Waals surface area contributed by atoms with E-state index < -0.39 is 0 Å². The molecule has 0 aromatic heterocycles. The maximum atomic E-state index is 3.62. The number of nitrogens with one attached hydrogen (secondary N) is 1. The second kappa shape index (κ2) is 4.86. The third kappa shape index (κ3) is 2.26. The van der Waals surface area contributed by atoms with E-state index in [2.05, 4.69) is 35.8 Å². The zero-order chi connectivity index (χ0) is 9.97. The highest BCUT2D eigenvalue weighted by Crippen LogP contribution is 2.25. The molecule has 1 N–H and O–H groups in total. The van der Waals surface area contributed by atoms with E-state index in [4.69, 9.17) is 0 Å². The van der Waals surface area contributed by atoms with E-state index >= 15 is 0 Å². The Morgan fingerprint density at radius 2 is 2.36 bits per heavy atom. The van der Waals surface area contributed by atoms with Crippen LogP contribution in [0.5, 0.6) is 0 Å². The first-order valence-electron chi connectivity index (χ1n) is 5.88. The average molecular weight is 214 g/mol. The molecule has 82 valence electrons. The SMILES string of the molecule is CCC1CN(C2CCSC2)C(C)CN1. The maximum Gasteiger partial charge on any atom is 0.0198 e. The van der Waals surface area contributed by atoms with Crippen molar-refractivity contribution < 1.29 is 0 Å². The summed E-state index contributed by atoms with van der Waals surface area (Å²) in [6.07, 6.45) is 2.68. The first-order chi connectivity index (χ1) is 6.81. The fourth-order valence-corrected chi connectivity index (χ4v) is 3.76. The molecule has 0 aromatic rings. The summed E-state index contributed by atoms with van der Waals surface area (Å²) in [6, 6.07) is 2.34. The first kappa shape index (κ1) is 10.8. The van der Waals surface area contributed by atoms with Crippen molar-refractivity contribution in [3.63, 3.8) is 0 Å². The van der Waals surface area contributed by atoms with E-state index in [1.807, 2.05) is 0 Å². The number of rotatable bonds is 2. The van der Waals surface area contributed by atoms with Crippen LogP contribution in [0.15, 0.2) is 0 Å². The van der Waals surface area contributed by atoms with Gasteiger partial charge in [-0.25, -0.2) is 0 Å². The molecule has 2 heterocycles. The lowest BCUT2D eigenvalue weighted by Gasteiger charge is -2.42. The van der Waals surface area contributed by atoms with Crippen LogP contribution in [-0.4, -0.2) is 47.6 Å².